The molecule has 0 bridgehead atoms. The van der Waals surface area contributed by atoms with Crippen LogP contribution in [0.3, 0.4) is 0 Å². The number of hydrogen-bond acceptors (Lipinski definition) is 1. The van der Waals surface area contributed by atoms with E-state index in [4.69, 9.17) is 11.6 Å². The van der Waals surface area contributed by atoms with Gasteiger partial charge < -0.3 is 4.90 Å². The highest BCUT2D eigenvalue weighted by Crippen LogP contribution is 2.33. The van der Waals surface area contributed by atoms with Gasteiger partial charge in [-0.05, 0) is 42.9 Å². The van der Waals surface area contributed by atoms with Crippen LogP contribution in [0.15, 0.2) is 18.2 Å². The molecule has 3 rings (SSSR count). The molecule has 2 aliphatic rings. The molecule has 0 aromatic heterocycles. The lowest BCUT2D eigenvalue weighted by molar-refractivity contribution is -0.123. The van der Waals surface area contributed by atoms with E-state index in [0.29, 0.717) is 11.8 Å². The van der Waals surface area contributed by atoms with Gasteiger partial charge in [-0.2, -0.15) is 0 Å². The van der Waals surface area contributed by atoms with Crippen molar-refractivity contribution in [2.24, 2.45) is 5.92 Å². The van der Waals surface area contributed by atoms with Crippen molar-refractivity contribution in [3.63, 3.8) is 0 Å². The maximum absolute atomic E-state index is 12.7. The van der Waals surface area contributed by atoms with Gasteiger partial charge in [0.2, 0.25) is 5.91 Å². The number of aryl methyl sites for hydroxylation is 1. The Hall–Kier alpha value is -1.02. The van der Waals surface area contributed by atoms with Crippen LogP contribution < -0.4 is 4.90 Å². The molecule has 0 radical (unpaired) electrons. The van der Waals surface area contributed by atoms with Crippen molar-refractivity contribution < 1.29 is 4.79 Å². The number of amides is 1. The van der Waals surface area contributed by atoms with Crippen molar-refractivity contribution in [3.8, 4) is 0 Å². The number of carbonyl (C=O) groups excluding carboxylic acids is 1. The van der Waals surface area contributed by atoms with Crippen molar-refractivity contribution >= 4 is 23.2 Å². The minimum atomic E-state index is 0.261. The first-order valence-electron chi connectivity index (χ1n) is 7.79. The molecular formula is C17H22ClNO. The second-order valence-corrected chi connectivity index (χ2v) is 6.35. The fraction of sp³-hybridized carbons (Fsp3) is 0.588. The van der Waals surface area contributed by atoms with Crippen LogP contribution >= 0.6 is 11.6 Å². The SMILES string of the molecule is O=C(C1CCCCC1)N1CCc2cc(CCCl)ccc21. The maximum Gasteiger partial charge on any atom is 0.230 e. The molecule has 0 atom stereocenters. The number of halogens is 1. The van der Waals surface area contributed by atoms with Gasteiger partial charge in [-0.15, -0.1) is 11.6 Å². The molecule has 1 aromatic carbocycles. The van der Waals surface area contributed by atoms with E-state index in [1.807, 2.05) is 4.90 Å². The van der Waals surface area contributed by atoms with E-state index in [2.05, 4.69) is 18.2 Å². The van der Waals surface area contributed by atoms with E-state index >= 15 is 0 Å². The molecule has 0 unspecified atom stereocenters. The monoisotopic (exact) mass is 291 g/mol. The number of hydrogen-bond donors (Lipinski definition) is 0. The quantitative estimate of drug-likeness (QED) is 0.773. The van der Waals surface area contributed by atoms with Gasteiger partial charge in [-0.1, -0.05) is 31.4 Å². The molecule has 1 aliphatic carbocycles. The van der Waals surface area contributed by atoms with E-state index in [0.717, 1.165) is 37.9 Å². The Morgan fingerprint density at radius 2 is 2.05 bits per heavy atom. The first-order chi connectivity index (χ1) is 9.79. The minimum absolute atomic E-state index is 0.261. The van der Waals surface area contributed by atoms with Crippen LogP contribution in [0.4, 0.5) is 5.69 Å². The third kappa shape index (κ3) is 2.71. The van der Waals surface area contributed by atoms with E-state index < -0.39 is 0 Å². The van der Waals surface area contributed by atoms with Gasteiger partial charge in [0.25, 0.3) is 0 Å². The van der Waals surface area contributed by atoms with Crippen molar-refractivity contribution in [2.75, 3.05) is 17.3 Å². The van der Waals surface area contributed by atoms with Gasteiger partial charge in [0, 0.05) is 24.0 Å². The first-order valence-corrected chi connectivity index (χ1v) is 8.32. The highest BCUT2D eigenvalue weighted by molar-refractivity contribution is 6.18. The summed E-state index contributed by atoms with van der Waals surface area (Å²) < 4.78 is 0. The van der Waals surface area contributed by atoms with Crippen LogP contribution in [0.2, 0.25) is 0 Å². The third-order valence-corrected chi connectivity index (χ3v) is 4.83. The predicted octanol–water partition coefficient (Wildman–Crippen LogP) is 3.94. The lowest BCUT2D eigenvalue weighted by Crippen LogP contribution is -2.35. The number of benzene rings is 1. The Kier molecular flexibility index (Phi) is 4.30. The van der Waals surface area contributed by atoms with Crippen molar-refractivity contribution in [3.05, 3.63) is 29.3 Å². The lowest BCUT2D eigenvalue weighted by Gasteiger charge is -2.26. The summed E-state index contributed by atoms with van der Waals surface area (Å²) >= 11 is 5.80. The number of rotatable bonds is 3. The van der Waals surface area contributed by atoms with Crippen LogP contribution in [-0.2, 0) is 17.6 Å². The molecule has 2 nitrogen and oxygen atoms in total. The molecule has 0 N–H and O–H groups in total. The van der Waals surface area contributed by atoms with Gasteiger partial charge in [-0.25, -0.2) is 0 Å². The molecule has 1 amide bonds. The normalized spacial score (nSPS) is 19.1. The predicted molar refractivity (Wildman–Crippen MR) is 83.5 cm³/mol. The summed E-state index contributed by atoms with van der Waals surface area (Å²) in [6.45, 7) is 0.856. The second-order valence-electron chi connectivity index (χ2n) is 5.98. The molecule has 3 heteroatoms. The lowest BCUT2D eigenvalue weighted by atomic mass is 9.88. The zero-order chi connectivity index (χ0) is 13.9. The van der Waals surface area contributed by atoms with Crippen LogP contribution in [0.1, 0.15) is 43.2 Å². The number of nitrogens with zero attached hydrogens (tertiary/aromatic N) is 1. The molecule has 1 heterocycles. The van der Waals surface area contributed by atoms with E-state index in [1.54, 1.807) is 0 Å². The molecule has 0 spiro atoms. The largest absolute Gasteiger partial charge is 0.312 e. The number of anilines is 1. The molecule has 1 aliphatic heterocycles. The van der Waals surface area contributed by atoms with Crippen molar-refractivity contribution in [1.82, 2.24) is 0 Å². The average Bonchev–Trinajstić information content (AvgIpc) is 2.91. The minimum Gasteiger partial charge on any atom is -0.312 e. The topological polar surface area (TPSA) is 20.3 Å². The van der Waals surface area contributed by atoms with Crippen LogP contribution in [0, 0.1) is 5.92 Å². The first kappa shape index (κ1) is 13.9. The Labute approximate surface area is 126 Å². The fourth-order valence-corrected chi connectivity index (χ4v) is 3.74. The number of alkyl halides is 1. The van der Waals surface area contributed by atoms with E-state index in [-0.39, 0.29) is 5.92 Å². The van der Waals surface area contributed by atoms with E-state index in [1.165, 1.54) is 30.4 Å². The zero-order valence-electron chi connectivity index (χ0n) is 11.9. The zero-order valence-corrected chi connectivity index (χ0v) is 12.7. The van der Waals surface area contributed by atoms with Gasteiger partial charge >= 0.3 is 0 Å². The Balaban J connectivity index is 1.76. The summed E-state index contributed by atoms with van der Waals surface area (Å²) in [6.07, 6.45) is 7.78. The van der Waals surface area contributed by atoms with Crippen molar-refractivity contribution in [1.29, 1.82) is 0 Å². The smallest absolute Gasteiger partial charge is 0.230 e. The average molecular weight is 292 g/mol. The molecule has 1 fully saturated rings. The molecule has 108 valence electrons. The van der Waals surface area contributed by atoms with Gasteiger partial charge in [0.15, 0.2) is 0 Å². The summed E-state index contributed by atoms with van der Waals surface area (Å²) in [5, 5.41) is 0. The maximum atomic E-state index is 12.7. The Bertz CT molecular complexity index is 494. The summed E-state index contributed by atoms with van der Waals surface area (Å²) in [5.74, 6) is 1.27. The molecule has 0 saturated heterocycles. The summed E-state index contributed by atoms with van der Waals surface area (Å²) in [4.78, 5) is 14.7. The fourth-order valence-electron chi connectivity index (χ4n) is 3.52. The van der Waals surface area contributed by atoms with Crippen molar-refractivity contribution in [2.45, 2.75) is 44.9 Å². The van der Waals surface area contributed by atoms with Gasteiger partial charge in [-0.3, -0.25) is 4.79 Å². The summed E-state index contributed by atoms with van der Waals surface area (Å²) in [7, 11) is 0. The van der Waals surface area contributed by atoms with E-state index in [9.17, 15) is 4.79 Å². The standard InChI is InChI=1S/C17H22ClNO/c18-10-8-13-6-7-16-15(12-13)9-11-19(16)17(20)14-4-2-1-3-5-14/h6-7,12,14H,1-5,8-11H2. The highest BCUT2D eigenvalue weighted by atomic mass is 35.5. The third-order valence-electron chi connectivity index (χ3n) is 4.64. The molecular weight excluding hydrogens is 270 g/mol. The van der Waals surface area contributed by atoms with Crippen LogP contribution in [-0.4, -0.2) is 18.3 Å². The van der Waals surface area contributed by atoms with Crippen LogP contribution in [0.25, 0.3) is 0 Å². The Morgan fingerprint density at radius 1 is 1.25 bits per heavy atom. The molecule has 1 aromatic rings. The van der Waals surface area contributed by atoms with Gasteiger partial charge in [0.05, 0.1) is 0 Å². The Morgan fingerprint density at radius 3 is 2.80 bits per heavy atom. The van der Waals surface area contributed by atoms with Gasteiger partial charge in [0.1, 0.15) is 0 Å². The molecule has 1 saturated carbocycles. The number of carbonyl (C=O) groups is 1. The number of fused-ring (bicyclic) bond motifs is 1. The highest BCUT2D eigenvalue weighted by Gasteiger charge is 2.30. The second kappa shape index (κ2) is 6.17. The summed E-state index contributed by atoms with van der Waals surface area (Å²) in [6, 6.07) is 6.46. The molecule has 20 heavy (non-hydrogen) atoms. The van der Waals surface area contributed by atoms with Crippen LogP contribution in [0.5, 0.6) is 0 Å². The summed E-state index contributed by atoms with van der Waals surface area (Å²) in [5.41, 5.74) is 3.74.